The van der Waals surface area contributed by atoms with Gasteiger partial charge in [0.2, 0.25) is 0 Å². The molecule has 1 aromatic heterocycles. The number of anilines is 2. The summed E-state index contributed by atoms with van der Waals surface area (Å²) in [6, 6.07) is 5.72. The molecule has 1 aromatic carbocycles. The molecule has 0 bridgehead atoms. The lowest BCUT2D eigenvalue weighted by molar-refractivity contribution is 0.101. The van der Waals surface area contributed by atoms with Crippen LogP contribution in [0, 0.1) is 5.82 Å². The second kappa shape index (κ2) is 5.54. The van der Waals surface area contributed by atoms with Gasteiger partial charge in [-0.3, -0.25) is 4.79 Å². The van der Waals surface area contributed by atoms with Crippen molar-refractivity contribution in [1.82, 2.24) is 4.57 Å². The molecule has 1 heterocycles. The molecule has 0 saturated heterocycles. The van der Waals surface area contributed by atoms with E-state index in [0.29, 0.717) is 16.4 Å². The molecule has 2 rings (SSSR count). The molecular weight excluding hydrogens is 281 g/mol. The summed E-state index contributed by atoms with van der Waals surface area (Å²) in [4.78, 5) is 12.2. The van der Waals surface area contributed by atoms with Crippen molar-refractivity contribution in [2.45, 2.75) is 19.9 Å². The molecule has 4 nitrogen and oxygen atoms in total. The molecule has 0 aliphatic heterocycles. The van der Waals surface area contributed by atoms with Gasteiger partial charge in [-0.15, -0.1) is 0 Å². The quantitative estimate of drug-likeness (QED) is 0.848. The van der Waals surface area contributed by atoms with Crippen LogP contribution in [-0.2, 0) is 0 Å². The molecule has 3 N–H and O–H groups in total. The lowest BCUT2D eigenvalue weighted by Crippen LogP contribution is -2.17. The number of hydrogen-bond donors (Lipinski definition) is 2. The van der Waals surface area contributed by atoms with Gasteiger partial charge in [-0.2, -0.15) is 0 Å². The van der Waals surface area contributed by atoms with Crippen molar-refractivity contribution < 1.29 is 9.18 Å². The van der Waals surface area contributed by atoms with Crippen LogP contribution in [0.3, 0.4) is 0 Å². The highest BCUT2D eigenvalue weighted by atomic mass is 35.5. The van der Waals surface area contributed by atoms with E-state index in [1.54, 1.807) is 16.8 Å². The molecule has 1 amide bonds. The zero-order valence-corrected chi connectivity index (χ0v) is 11.9. The standard InChI is InChI=1S/C14H15ClFN3O/c1-8(2)19-7-9(15)5-13(19)14(20)18-10-3-4-11(16)12(17)6-10/h3-8H,17H2,1-2H3,(H,18,20). The fourth-order valence-electron chi connectivity index (χ4n) is 1.87. The minimum absolute atomic E-state index is 0.0138. The molecule has 0 aliphatic rings. The molecule has 106 valence electrons. The first-order valence-corrected chi connectivity index (χ1v) is 6.50. The highest BCUT2D eigenvalue weighted by molar-refractivity contribution is 6.31. The Morgan fingerprint density at radius 2 is 2.10 bits per heavy atom. The van der Waals surface area contributed by atoms with Gasteiger partial charge in [-0.05, 0) is 38.1 Å². The first-order chi connectivity index (χ1) is 9.38. The second-order valence-corrected chi connectivity index (χ2v) is 5.17. The molecule has 2 aromatic rings. The summed E-state index contributed by atoms with van der Waals surface area (Å²) in [7, 11) is 0. The Morgan fingerprint density at radius 1 is 1.40 bits per heavy atom. The molecule has 0 saturated carbocycles. The van der Waals surface area contributed by atoms with E-state index in [-0.39, 0.29) is 17.6 Å². The van der Waals surface area contributed by atoms with E-state index >= 15 is 0 Å². The Balaban J connectivity index is 2.26. The van der Waals surface area contributed by atoms with E-state index in [4.69, 9.17) is 17.3 Å². The summed E-state index contributed by atoms with van der Waals surface area (Å²) in [6.07, 6.45) is 1.69. The van der Waals surface area contributed by atoms with Crippen molar-refractivity contribution in [1.29, 1.82) is 0 Å². The summed E-state index contributed by atoms with van der Waals surface area (Å²) in [6.45, 7) is 3.89. The van der Waals surface area contributed by atoms with Gasteiger partial charge in [0.05, 0.1) is 10.7 Å². The van der Waals surface area contributed by atoms with Crippen molar-refractivity contribution in [2.24, 2.45) is 0 Å². The normalized spacial score (nSPS) is 10.8. The van der Waals surface area contributed by atoms with E-state index in [9.17, 15) is 9.18 Å². The monoisotopic (exact) mass is 295 g/mol. The smallest absolute Gasteiger partial charge is 0.272 e. The minimum atomic E-state index is -0.517. The van der Waals surface area contributed by atoms with Crippen molar-refractivity contribution >= 4 is 28.9 Å². The molecule has 0 unspecified atom stereocenters. The van der Waals surface area contributed by atoms with Gasteiger partial charge in [0.15, 0.2) is 0 Å². The van der Waals surface area contributed by atoms with Gasteiger partial charge < -0.3 is 15.6 Å². The maximum Gasteiger partial charge on any atom is 0.272 e. The van der Waals surface area contributed by atoms with Gasteiger partial charge in [-0.1, -0.05) is 11.6 Å². The number of carbonyl (C=O) groups excluding carboxylic acids is 1. The summed E-state index contributed by atoms with van der Waals surface area (Å²) in [5, 5.41) is 3.16. The Morgan fingerprint density at radius 3 is 2.70 bits per heavy atom. The van der Waals surface area contributed by atoms with E-state index in [1.807, 2.05) is 13.8 Å². The Kier molecular flexibility index (Phi) is 3.99. The average Bonchev–Trinajstić information content (AvgIpc) is 2.76. The number of halogens is 2. The summed E-state index contributed by atoms with van der Waals surface area (Å²) in [5.41, 5.74) is 6.32. The number of nitrogens with zero attached hydrogens (tertiary/aromatic N) is 1. The average molecular weight is 296 g/mol. The zero-order valence-electron chi connectivity index (χ0n) is 11.2. The highest BCUT2D eigenvalue weighted by Gasteiger charge is 2.15. The van der Waals surface area contributed by atoms with Crippen LogP contribution in [0.1, 0.15) is 30.4 Å². The molecule has 0 aliphatic carbocycles. The first kappa shape index (κ1) is 14.4. The summed E-state index contributed by atoms with van der Waals surface area (Å²) in [5.74, 6) is -0.840. The van der Waals surface area contributed by atoms with Gasteiger partial charge in [0, 0.05) is 17.9 Å². The predicted molar refractivity (Wildman–Crippen MR) is 78.6 cm³/mol. The lowest BCUT2D eigenvalue weighted by atomic mass is 10.2. The van der Waals surface area contributed by atoms with Crippen LogP contribution in [-0.4, -0.2) is 10.5 Å². The SMILES string of the molecule is CC(C)n1cc(Cl)cc1C(=O)Nc1ccc(F)c(N)c1. The number of nitrogen functional groups attached to an aromatic ring is 1. The molecular formula is C14H15ClFN3O. The van der Waals surface area contributed by atoms with Crippen LogP contribution in [0.15, 0.2) is 30.5 Å². The van der Waals surface area contributed by atoms with Crippen LogP contribution in [0.25, 0.3) is 0 Å². The number of benzene rings is 1. The fourth-order valence-corrected chi connectivity index (χ4v) is 2.08. The van der Waals surface area contributed by atoms with Crippen LogP contribution in [0.2, 0.25) is 5.02 Å². The van der Waals surface area contributed by atoms with Gasteiger partial charge in [0.25, 0.3) is 5.91 Å². The number of nitrogens with two attached hydrogens (primary N) is 1. The maximum atomic E-state index is 13.1. The molecule has 0 spiro atoms. The van der Waals surface area contributed by atoms with Gasteiger partial charge in [-0.25, -0.2) is 4.39 Å². The molecule has 0 radical (unpaired) electrons. The third-order valence-corrected chi connectivity index (χ3v) is 3.06. The fraction of sp³-hybridized carbons (Fsp3) is 0.214. The number of aromatic nitrogens is 1. The third-order valence-electron chi connectivity index (χ3n) is 2.86. The highest BCUT2D eigenvalue weighted by Crippen LogP contribution is 2.21. The molecule has 0 fully saturated rings. The van der Waals surface area contributed by atoms with Crippen molar-refractivity contribution in [2.75, 3.05) is 11.1 Å². The van der Waals surface area contributed by atoms with Crippen LogP contribution >= 0.6 is 11.6 Å². The second-order valence-electron chi connectivity index (χ2n) is 4.73. The van der Waals surface area contributed by atoms with Crippen LogP contribution < -0.4 is 11.1 Å². The maximum absolute atomic E-state index is 13.1. The van der Waals surface area contributed by atoms with E-state index in [0.717, 1.165) is 0 Å². The molecule has 6 heteroatoms. The topological polar surface area (TPSA) is 60.0 Å². The summed E-state index contributed by atoms with van der Waals surface area (Å²) < 4.78 is 14.8. The Hall–Kier alpha value is -2.01. The van der Waals surface area contributed by atoms with Crippen LogP contribution in [0.5, 0.6) is 0 Å². The third kappa shape index (κ3) is 2.93. The van der Waals surface area contributed by atoms with Crippen molar-refractivity contribution in [3.05, 3.63) is 47.0 Å². The first-order valence-electron chi connectivity index (χ1n) is 6.12. The predicted octanol–water partition coefficient (Wildman–Crippen LogP) is 3.70. The van der Waals surface area contributed by atoms with E-state index in [2.05, 4.69) is 5.32 Å². The van der Waals surface area contributed by atoms with Crippen LogP contribution in [0.4, 0.5) is 15.8 Å². The molecule has 0 atom stereocenters. The van der Waals surface area contributed by atoms with Crippen molar-refractivity contribution in [3.8, 4) is 0 Å². The van der Waals surface area contributed by atoms with Gasteiger partial charge in [0.1, 0.15) is 11.5 Å². The largest absolute Gasteiger partial charge is 0.396 e. The molecule has 20 heavy (non-hydrogen) atoms. The minimum Gasteiger partial charge on any atom is -0.396 e. The number of nitrogens with one attached hydrogen (secondary N) is 1. The van der Waals surface area contributed by atoms with E-state index < -0.39 is 5.82 Å². The summed E-state index contributed by atoms with van der Waals surface area (Å²) >= 11 is 5.93. The number of carbonyl (C=O) groups is 1. The number of amides is 1. The Bertz CT molecular complexity index is 652. The lowest BCUT2D eigenvalue weighted by Gasteiger charge is -2.13. The number of rotatable bonds is 3. The Labute approximate surface area is 121 Å². The van der Waals surface area contributed by atoms with Crippen molar-refractivity contribution in [3.63, 3.8) is 0 Å². The van der Waals surface area contributed by atoms with Gasteiger partial charge >= 0.3 is 0 Å². The zero-order chi connectivity index (χ0) is 14.9. The van der Waals surface area contributed by atoms with E-state index in [1.165, 1.54) is 18.2 Å². The number of hydrogen-bond acceptors (Lipinski definition) is 2.